The normalized spacial score (nSPS) is 10.6. The molecule has 6 heteroatoms. The zero-order valence-corrected chi connectivity index (χ0v) is 21.2. The van der Waals surface area contributed by atoms with Crippen molar-refractivity contribution < 1.29 is 19.1 Å². The Kier molecular flexibility index (Phi) is 12.0. The fraction of sp³-hybridized carbons (Fsp3) is 0.500. The van der Waals surface area contributed by atoms with Crippen LogP contribution in [-0.2, 0) is 9.59 Å². The lowest BCUT2D eigenvalue weighted by Gasteiger charge is -2.14. The number of anilines is 2. The van der Waals surface area contributed by atoms with Gasteiger partial charge >= 0.3 is 0 Å². The summed E-state index contributed by atoms with van der Waals surface area (Å²) < 4.78 is 11.1. The lowest BCUT2D eigenvalue weighted by molar-refractivity contribution is -0.117. The third kappa shape index (κ3) is 8.73. The van der Waals surface area contributed by atoms with E-state index >= 15 is 0 Å². The zero-order chi connectivity index (χ0) is 24.8. The number of carbonyl (C=O) groups is 2. The first-order chi connectivity index (χ1) is 16.5. The Labute approximate surface area is 204 Å². The predicted molar refractivity (Wildman–Crippen MR) is 140 cm³/mol. The standard InChI is InChI=1S/C28H40N2O4/c1-5-7-9-11-13-27(31)29-23-17-15-21(19-25(23)33-3)22-16-18-24(26(20-22)34-4)30-28(32)14-12-10-8-6-2/h15-20H,5-14H2,1-4H3,(H,29,31)(H,30,32). The van der Waals surface area contributed by atoms with Crippen LogP contribution in [0.2, 0.25) is 0 Å². The van der Waals surface area contributed by atoms with Gasteiger partial charge in [-0.25, -0.2) is 0 Å². The van der Waals surface area contributed by atoms with Gasteiger partial charge in [0.15, 0.2) is 0 Å². The lowest BCUT2D eigenvalue weighted by atomic mass is 10.0. The molecule has 2 aromatic rings. The molecule has 0 aliphatic heterocycles. The number of carbonyl (C=O) groups excluding carboxylic acids is 2. The van der Waals surface area contributed by atoms with Crippen molar-refractivity contribution in [3.63, 3.8) is 0 Å². The molecule has 2 aromatic carbocycles. The number of unbranched alkanes of at least 4 members (excludes halogenated alkanes) is 6. The van der Waals surface area contributed by atoms with Crippen LogP contribution < -0.4 is 20.1 Å². The minimum absolute atomic E-state index is 0.00129. The highest BCUT2D eigenvalue weighted by atomic mass is 16.5. The fourth-order valence-corrected chi connectivity index (χ4v) is 3.80. The third-order valence-electron chi connectivity index (χ3n) is 5.80. The van der Waals surface area contributed by atoms with Gasteiger partial charge in [-0.2, -0.15) is 0 Å². The molecule has 0 fully saturated rings. The molecule has 34 heavy (non-hydrogen) atoms. The first-order valence-corrected chi connectivity index (χ1v) is 12.5. The Bertz CT molecular complexity index is 851. The largest absolute Gasteiger partial charge is 0.495 e. The Morgan fingerprint density at radius 3 is 1.41 bits per heavy atom. The number of hydrogen-bond donors (Lipinski definition) is 2. The van der Waals surface area contributed by atoms with E-state index in [0.29, 0.717) is 35.7 Å². The fourth-order valence-electron chi connectivity index (χ4n) is 3.80. The second-order valence-corrected chi connectivity index (χ2v) is 8.55. The molecule has 0 aliphatic carbocycles. The molecule has 0 atom stereocenters. The lowest BCUT2D eigenvalue weighted by Crippen LogP contribution is -2.12. The molecule has 0 unspecified atom stereocenters. The number of amides is 2. The predicted octanol–water partition coefficient (Wildman–Crippen LogP) is 7.19. The molecule has 2 rings (SSSR count). The van der Waals surface area contributed by atoms with Crippen molar-refractivity contribution in [1.29, 1.82) is 0 Å². The molecule has 0 aliphatic rings. The van der Waals surface area contributed by atoms with Gasteiger partial charge in [-0.05, 0) is 48.2 Å². The molecule has 2 N–H and O–H groups in total. The Morgan fingerprint density at radius 1 is 0.647 bits per heavy atom. The van der Waals surface area contributed by atoms with E-state index in [1.165, 1.54) is 0 Å². The molecule has 6 nitrogen and oxygen atoms in total. The monoisotopic (exact) mass is 468 g/mol. The molecule has 0 saturated carbocycles. The van der Waals surface area contributed by atoms with Crippen LogP contribution in [0.5, 0.6) is 11.5 Å². The molecule has 0 heterocycles. The molecule has 0 bridgehead atoms. The maximum absolute atomic E-state index is 12.3. The van der Waals surface area contributed by atoms with Crippen molar-refractivity contribution in [2.75, 3.05) is 24.9 Å². The van der Waals surface area contributed by atoms with Crippen LogP contribution in [0, 0.1) is 0 Å². The number of rotatable bonds is 15. The minimum atomic E-state index is -0.00129. The summed E-state index contributed by atoms with van der Waals surface area (Å²) in [5, 5.41) is 5.92. The van der Waals surface area contributed by atoms with Crippen molar-refractivity contribution >= 4 is 23.2 Å². The molecule has 186 valence electrons. The highest BCUT2D eigenvalue weighted by molar-refractivity contribution is 5.94. The van der Waals surface area contributed by atoms with Crippen LogP contribution in [0.25, 0.3) is 11.1 Å². The van der Waals surface area contributed by atoms with E-state index in [4.69, 9.17) is 9.47 Å². The van der Waals surface area contributed by atoms with E-state index in [1.807, 2.05) is 36.4 Å². The van der Waals surface area contributed by atoms with Gasteiger partial charge in [0.05, 0.1) is 25.6 Å². The summed E-state index contributed by atoms with van der Waals surface area (Å²) in [5.41, 5.74) is 3.17. The quantitative estimate of drug-likeness (QED) is 0.271. The summed E-state index contributed by atoms with van der Waals surface area (Å²) in [4.78, 5) is 24.6. The summed E-state index contributed by atoms with van der Waals surface area (Å²) >= 11 is 0. The Balaban J connectivity index is 2.08. The molecule has 0 spiro atoms. The third-order valence-corrected chi connectivity index (χ3v) is 5.80. The maximum Gasteiger partial charge on any atom is 0.224 e. The molecule has 0 radical (unpaired) electrons. The van der Waals surface area contributed by atoms with Crippen LogP contribution in [0.1, 0.15) is 78.1 Å². The van der Waals surface area contributed by atoms with Gasteiger partial charge in [-0.1, -0.05) is 64.5 Å². The molecular formula is C28H40N2O4. The van der Waals surface area contributed by atoms with Gasteiger partial charge in [0.25, 0.3) is 0 Å². The second kappa shape index (κ2) is 15.0. The van der Waals surface area contributed by atoms with E-state index in [9.17, 15) is 9.59 Å². The topological polar surface area (TPSA) is 76.7 Å². The SMILES string of the molecule is CCCCCCC(=O)Nc1ccc(-c2ccc(NC(=O)CCCCCC)c(OC)c2)cc1OC. The molecule has 2 amide bonds. The Hall–Kier alpha value is -3.02. The van der Waals surface area contributed by atoms with E-state index in [-0.39, 0.29) is 11.8 Å². The van der Waals surface area contributed by atoms with Crippen LogP contribution in [0.3, 0.4) is 0 Å². The summed E-state index contributed by atoms with van der Waals surface area (Å²) in [6.07, 6.45) is 9.52. The van der Waals surface area contributed by atoms with Crippen LogP contribution >= 0.6 is 0 Å². The first kappa shape index (κ1) is 27.2. The maximum atomic E-state index is 12.3. The van der Waals surface area contributed by atoms with E-state index in [1.54, 1.807) is 14.2 Å². The molecule has 0 saturated heterocycles. The summed E-state index contributed by atoms with van der Waals surface area (Å²) in [6, 6.07) is 11.4. The zero-order valence-electron chi connectivity index (χ0n) is 21.2. The van der Waals surface area contributed by atoms with Gasteiger partial charge in [0.2, 0.25) is 11.8 Å². The van der Waals surface area contributed by atoms with Crippen molar-refractivity contribution in [3.05, 3.63) is 36.4 Å². The van der Waals surface area contributed by atoms with Crippen LogP contribution in [0.4, 0.5) is 11.4 Å². The van der Waals surface area contributed by atoms with E-state index in [2.05, 4.69) is 24.5 Å². The smallest absolute Gasteiger partial charge is 0.224 e. The van der Waals surface area contributed by atoms with Crippen molar-refractivity contribution in [2.24, 2.45) is 0 Å². The highest BCUT2D eigenvalue weighted by Gasteiger charge is 2.13. The van der Waals surface area contributed by atoms with E-state index in [0.717, 1.165) is 62.5 Å². The first-order valence-electron chi connectivity index (χ1n) is 12.5. The van der Waals surface area contributed by atoms with E-state index < -0.39 is 0 Å². The number of methoxy groups -OCH3 is 2. The molecule has 0 aromatic heterocycles. The van der Waals surface area contributed by atoms with Gasteiger partial charge in [-0.3, -0.25) is 9.59 Å². The number of ether oxygens (including phenoxy) is 2. The summed E-state index contributed by atoms with van der Waals surface area (Å²) in [7, 11) is 3.19. The molecular weight excluding hydrogens is 428 g/mol. The average molecular weight is 469 g/mol. The van der Waals surface area contributed by atoms with Gasteiger partial charge in [0.1, 0.15) is 11.5 Å². The van der Waals surface area contributed by atoms with Crippen molar-refractivity contribution in [1.82, 2.24) is 0 Å². The van der Waals surface area contributed by atoms with Gasteiger partial charge in [-0.15, -0.1) is 0 Å². The van der Waals surface area contributed by atoms with Crippen molar-refractivity contribution in [2.45, 2.75) is 78.1 Å². The summed E-state index contributed by atoms with van der Waals surface area (Å²) in [5.74, 6) is 1.20. The number of benzene rings is 2. The second-order valence-electron chi connectivity index (χ2n) is 8.55. The summed E-state index contributed by atoms with van der Waals surface area (Å²) in [6.45, 7) is 4.31. The average Bonchev–Trinajstić information content (AvgIpc) is 2.85. The highest BCUT2D eigenvalue weighted by Crippen LogP contribution is 2.35. The van der Waals surface area contributed by atoms with Gasteiger partial charge < -0.3 is 20.1 Å². The number of hydrogen-bond acceptors (Lipinski definition) is 4. The van der Waals surface area contributed by atoms with Crippen LogP contribution in [0.15, 0.2) is 36.4 Å². The van der Waals surface area contributed by atoms with Crippen LogP contribution in [-0.4, -0.2) is 26.0 Å². The minimum Gasteiger partial charge on any atom is -0.495 e. The van der Waals surface area contributed by atoms with Gasteiger partial charge in [0, 0.05) is 12.8 Å². The number of nitrogens with one attached hydrogen (secondary N) is 2. The van der Waals surface area contributed by atoms with Crippen molar-refractivity contribution in [3.8, 4) is 22.6 Å². The Morgan fingerprint density at radius 2 is 1.06 bits per heavy atom.